The average molecular weight is 455 g/mol. The van der Waals surface area contributed by atoms with Crippen molar-refractivity contribution in [2.24, 2.45) is 0 Å². The van der Waals surface area contributed by atoms with E-state index in [4.69, 9.17) is 9.47 Å². The molecule has 0 amide bonds. The lowest BCUT2D eigenvalue weighted by Crippen LogP contribution is -2.14. The molecule has 29 heavy (non-hydrogen) atoms. The van der Waals surface area contributed by atoms with Crippen LogP contribution in [0.4, 0.5) is 11.4 Å². The third kappa shape index (κ3) is 4.81. The molecule has 0 unspecified atom stereocenters. The molecule has 11 heteroatoms. The van der Waals surface area contributed by atoms with Crippen LogP contribution in [0.2, 0.25) is 0 Å². The van der Waals surface area contributed by atoms with Gasteiger partial charge in [-0.1, -0.05) is 6.07 Å². The van der Waals surface area contributed by atoms with Gasteiger partial charge in [0.1, 0.15) is 15.7 Å². The van der Waals surface area contributed by atoms with Crippen molar-refractivity contribution in [2.75, 3.05) is 23.7 Å². The van der Waals surface area contributed by atoms with Crippen LogP contribution >= 0.6 is 11.3 Å². The maximum absolute atomic E-state index is 12.7. The fraction of sp³-hybridized carbons (Fsp3) is 0.111. The van der Waals surface area contributed by atoms with Crippen LogP contribution in [0.5, 0.6) is 11.5 Å². The zero-order valence-electron chi connectivity index (χ0n) is 15.4. The van der Waals surface area contributed by atoms with Crippen LogP contribution in [0.3, 0.4) is 0 Å². The first-order chi connectivity index (χ1) is 13.7. The molecule has 0 bridgehead atoms. The fourth-order valence-corrected chi connectivity index (χ4v) is 5.53. The first-order valence-electron chi connectivity index (χ1n) is 8.16. The molecule has 1 heterocycles. The smallest absolute Gasteiger partial charge is 0.271 e. The molecule has 3 aromatic rings. The van der Waals surface area contributed by atoms with E-state index < -0.39 is 20.0 Å². The van der Waals surface area contributed by atoms with Crippen molar-refractivity contribution >= 4 is 42.8 Å². The van der Waals surface area contributed by atoms with Gasteiger partial charge in [-0.15, -0.1) is 11.3 Å². The van der Waals surface area contributed by atoms with E-state index in [0.717, 1.165) is 11.3 Å². The number of sulfonamides is 2. The summed E-state index contributed by atoms with van der Waals surface area (Å²) < 4.78 is 65.3. The standard InChI is InChI=1S/C18H18N2O6S3/c1-25-14-7-10-17(26-2)16(12-14)20-28(21,22)15-8-5-13(6-9-15)19-29(23,24)18-4-3-11-27-18/h3-12,19-20H,1-2H3. The number of ether oxygens (including phenoxy) is 2. The number of hydrogen-bond donors (Lipinski definition) is 2. The molecule has 3 rings (SSSR count). The summed E-state index contributed by atoms with van der Waals surface area (Å²) in [5.41, 5.74) is 0.464. The molecule has 0 spiro atoms. The summed E-state index contributed by atoms with van der Waals surface area (Å²) in [5, 5.41) is 1.66. The van der Waals surface area contributed by atoms with E-state index in [1.165, 1.54) is 50.6 Å². The molecule has 1 aromatic heterocycles. The van der Waals surface area contributed by atoms with Gasteiger partial charge in [0.25, 0.3) is 20.0 Å². The molecule has 154 valence electrons. The van der Waals surface area contributed by atoms with Gasteiger partial charge in [-0.25, -0.2) is 16.8 Å². The highest BCUT2D eigenvalue weighted by Crippen LogP contribution is 2.31. The summed E-state index contributed by atoms with van der Waals surface area (Å²) in [7, 11) is -4.75. The molecule has 0 fully saturated rings. The minimum Gasteiger partial charge on any atom is -0.497 e. The maximum Gasteiger partial charge on any atom is 0.271 e. The molecule has 2 aromatic carbocycles. The van der Waals surface area contributed by atoms with Gasteiger partial charge in [0, 0.05) is 11.8 Å². The number of benzene rings is 2. The Hall–Kier alpha value is -2.76. The maximum atomic E-state index is 12.7. The molecule has 0 atom stereocenters. The van der Waals surface area contributed by atoms with Crippen molar-refractivity contribution in [1.29, 1.82) is 0 Å². The lowest BCUT2D eigenvalue weighted by molar-refractivity contribution is 0.405. The van der Waals surface area contributed by atoms with Crippen molar-refractivity contribution in [1.82, 2.24) is 0 Å². The van der Waals surface area contributed by atoms with Gasteiger partial charge < -0.3 is 9.47 Å². The second-order valence-electron chi connectivity index (χ2n) is 5.73. The molecule has 8 nitrogen and oxygen atoms in total. The number of thiophene rings is 1. The predicted octanol–water partition coefficient (Wildman–Crippen LogP) is 3.37. The summed E-state index contributed by atoms with van der Waals surface area (Å²) in [6, 6.07) is 13.2. The SMILES string of the molecule is COc1ccc(OC)c(NS(=O)(=O)c2ccc(NS(=O)(=O)c3cccs3)cc2)c1. The highest BCUT2D eigenvalue weighted by molar-refractivity contribution is 7.94. The summed E-state index contributed by atoms with van der Waals surface area (Å²) in [6.45, 7) is 0. The quantitative estimate of drug-likeness (QED) is 0.540. The summed E-state index contributed by atoms with van der Waals surface area (Å²) in [6.07, 6.45) is 0. The van der Waals surface area contributed by atoms with E-state index in [1.54, 1.807) is 23.6 Å². The van der Waals surface area contributed by atoms with E-state index in [0.29, 0.717) is 11.5 Å². The Labute approximate surface area is 173 Å². The van der Waals surface area contributed by atoms with Gasteiger partial charge in [-0.2, -0.15) is 0 Å². The van der Waals surface area contributed by atoms with Crippen LogP contribution in [0.15, 0.2) is 69.1 Å². The van der Waals surface area contributed by atoms with Gasteiger partial charge in [0.15, 0.2) is 0 Å². The van der Waals surface area contributed by atoms with Crippen molar-refractivity contribution in [3.8, 4) is 11.5 Å². The molecule has 0 saturated carbocycles. The zero-order chi connectivity index (χ0) is 21.1. The van der Waals surface area contributed by atoms with Crippen molar-refractivity contribution in [3.05, 3.63) is 60.0 Å². The molecule has 0 saturated heterocycles. The summed E-state index contributed by atoms with van der Waals surface area (Å²) in [4.78, 5) is -0.0403. The molecule has 0 aliphatic rings. The molecule has 2 N–H and O–H groups in total. The Morgan fingerprint density at radius 3 is 2.14 bits per heavy atom. The second-order valence-corrected chi connectivity index (χ2v) is 10.3. The lowest BCUT2D eigenvalue weighted by atomic mass is 10.3. The number of hydrogen-bond acceptors (Lipinski definition) is 7. The van der Waals surface area contributed by atoms with Crippen LogP contribution in [-0.2, 0) is 20.0 Å². The number of nitrogens with one attached hydrogen (secondary N) is 2. The monoisotopic (exact) mass is 454 g/mol. The molecular weight excluding hydrogens is 436 g/mol. The van der Waals surface area contributed by atoms with Crippen molar-refractivity contribution in [2.45, 2.75) is 9.10 Å². The van der Waals surface area contributed by atoms with Crippen molar-refractivity contribution in [3.63, 3.8) is 0 Å². The van der Waals surface area contributed by atoms with Gasteiger partial charge in [-0.05, 0) is 47.8 Å². The van der Waals surface area contributed by atoms with E-state index in [1.807, 2.05) is 0 Å². The highest BCUT2D eigenvalue weighted by Gasteiger charge is 2.19. The predicted molar refractivity (Wildman–Crippen MR) is 112 cm³/mol. The number of rotatable bonds is 8. The Kier molecular flexibility index (Phi) is 6.01. The Balaban J connectivity index is 1.82. The first kappa shape index (κ1) is 21.0. The van der Waals surface area contributed by atoms with E-state index in [2.05, 4.69) is 9.44 Å². The van der Waals surface area contributed by atoms with E-state index >= 15 is 0 Å². The summed E-state index contributed by atoms with van der Waals surface area (Å²) in [5.74, 6) is 0.788. The van der Waals surface area contributed by atoms with Crippen LogP contribution in [0.1, 0.15) is 0 Å². The van der Waals surface area contributed by atoms with Gasteiger partial charge >= 0.3 is 0 Å². The Morgan fingerprint density at radius 1 is 0.828 bits per heavy atom. The Bertz CT molecular complexity index is 1190. The largest absolute Gasteiger partial charge is 0.497 e. The topological polar surface area (TPSA) is 111 Å². The fourth-order valence-electron chi connectivity index (χ4n) is 2.42. The third-order valence-corrected chi connectivity index (χ3v) is 7.99. The van der Waals surface area contributed by atoms with Crippen LogP contribution in [-0.4, -0.2) is 31.1 Å². The minimum absolute atomic E-state index is 0.0403. The molecular formula is C18H18N2O6S3. The molecule has 0 aliphatic heterocycles. The van der Waals surface area contributed by atoms with Crippen LogP contribution < -0.4 is 18.9 Å². The molecule has 0 radical (unpaired) electrons. The number of anilines is 2. The summed E-state index contributed by atoms with van der Waals surface area (Å²) >= 11 is 1.09. The molecule has 0 aliphatic carbocycles. The van der Waals surface area contributed by atoms with Gasteiger partial charge in [-0.3, -0.25) is 9.44 Å². The highest BCUT2D eigenvalue weighted by atomic mass is 32.2. The Morgan fingerprint density at radius 2 is 1.55 bits per heavy atom. The van der Waals surface area contributed by atoms with Crippen molar-refractivity contribution < 1.29 is 26.3 Å². The van der Waals surface area contributed by atoms with Crippen LogP contribution in [0.25, 0.3) is 0 Å². The second kappa shape index (κ2) is 8.31. The third-order valence-electron chi connectivity index (χ3n) is 3.83. The first-order valence-corrected chi connectivity index (χ1v) is 12.0. The lowest BCUT2D eigenvalue weighted by Gasteiger charge is -2.13. The number of methoxy groups -OCH3 is 2. The van der Waals surface area contributed by atoms with Gasteiger partial charge in [0.2, 0.25) is 0 Å². The normalized spacial score (nSPS) is 11.7. The average Bonchev–Trinajstić information content (AvgIpc) is 3.23. The van der Waals surface area contributed by atoms with Gasteiger partial charge in [0.05, 0.1) is 24.8 Å². The zero-order valence-corrected chi connectivity index (χ0v) is 17.9. The van der Waals surface area contributed by atoms with E-state index in [9.17, 15) is 16.8 Å². The van der Waals surface area contributed by atoms with E-state index in [-0.39, 0.29) is 20.5 Å². The minimum atomic E-state index is -3.94. The van der Waals surface area contributed by atoms with Crippen LogP contribution in [0, 0.1) is 0 Å².